The fourth-order valence-electron chi connectivity index (χ4n) is 2.76. The first-order chi connectivity index (χ1) is 13.0. The second kappa shape index (κ2) is 7.94. The van der Waals surface area contributed by atoms with E-state index in [-0.39, 0.29) is 17.2 Å². The van der Waals surface area contributed by atoms with Crippen LogP contribution in [0.4, 0.5) is 11.4 Å². The van der Waals surface area contributed by atoms with Crippen molar-refractivity contribution < 1.29 is 4.74 Å². The smallest absolute Gasteiger partial charge is 0.301 e. The summed E-state index contributed by atoms with van der Waals surface area (Å²) in [5, 5.41) is 11.2. The molecule has 0 spiro atoms. The Kier molecular flexibility index (Phi) is 5.44. The number of aryl methyl sites for hydroxylation is 2. The fourth-order valence-corrected chi connectivity index (χ4v) is 2.76. The van der Waals surface area contributed by atoms with E-state index in [4.69, 9.17) is 4.74 Å². The van der Waals surface area contributed by atoms with Gasteiger partial charge in [0, 0.05) is 11.3 Å². The molecule has 0 aliphatic carbocycles. The molecule has 0 unspecified atom stereocenters. The van der Waals surface area contributed by atoms with Crippen LogP contribution in [0, 0.1) is 13.8 Å². The van der Waals surface area contributed by atoms with Gasteiger partial charge in [-0.3, -0.25) is 9.89 Å². The minimum absolute atomic E-state index is 0.219. The van der Waals surface area contributed by atoms with Crippen molar-refractivity contribution in [1.82, 2.24) is 19.7 Å². The number of aromatic nitrogens is 4. The highest BCUT2D eigenvalue weighted by atomic mass is 16.5. The molecule has 0 saturated carbocycles. The number of azo groups is 1. The molecule has 1 N–H and O–H groups in total. The molecule has 0 saturated heterocycles. The monoisotopic (exact) mass is 366 g/mol. The van der Waals surface area contributed by atoms with Crippen molar-refractivity contribution >= 4 is 11.4 Å². The quantitative estimate of drug-likeness (QED) is 0.668. The van der Waals surface area contributed by atoms with Gasteiger partial charge in [0.1, 0.15) is 0 Å². The molecule has 3 rings (SSSR count). The molecule has 3 aromatic rings. The fraction of sp³-hybridized carbons (Fsp3) is 0.316. The maximum atomic E-state index is 12.8. The number of methoxy groups -OCH3 is 1. The van der Waals surface area contributed by atoms with E-state index in [0.717, 1.165) is 24.1 Å². The van der Waals surface area contributed by atoms with Crippen LogP contribution >= 0.6 is 0 Å². The normalized spacial score (nSPS) is 11.3. The van der Waals surface area contributed by atoms with Gasteiger partial charge in [0.15, 0.2) is 5.69 Å². The number of aromatic amines is 1. The van der Waals surface area contributed by atoms with Crippen LogP contribution in [0.2, 0.25) is 0 Å². The molecule has 27 heavy (non-hydrogen) atoms. The van der Waals surface area contributed by atoms with Crippen molar-refractivity contribution in [3.63, 3.8) is 0 Å². The van der Waals surface area contributed by atoms with Crippen LogP contribution in [0.15, 0.2) is 45.4 Å². The maximum absolute atomic E-state index is 12.8. The lowest BCUT2D eigenvalue weighted by Gasteiger charge is -2.11. The zero-order chi connectivity index (χ0) is 19.4. The largest absolute Gasteiger partial charge is 0.481 e. The van der Waals surface area contributed by atoms with Crippen molar-refractivity contribution in [3.8, 4) is 11.8 Å². The summed E-state index contributed by atoms with van der Waals surface area (Å²) in [6, 6.07) is 9.24. The van der Waals surface area contributed by atoms with Crippen LogP contribution in [-0.2, 0) is 6.42 Å². The van der Waals surface area contributed by atoms with Crippen LogP contribution in [0.5, 0.6) is 5.88 Å². The molecular weight excluding hydrogens is 344 g/mol. The van der Waals surface area contributed by atoms with Gasteiger partial charge in [-0.1, -0.05) is 31.5 Å². The van der Waals surface area contributed by atoms with Crippen molar-refractivity contribution in [2.75, 3.05) is 7.11 Å². The summed E-state index contributed by atoms with van der Waals surface area (Å²) in [6.45, 7) is 5.72. The van der Waals surface area contributed by atoms with E-state index in [0.29, 0.717) is 17.3 Å². The summed E-state index contributed by atoms with van der Waals surface area (Å²) in [4.78, 5) is 21.7. The minimum atomic E-state index is -0.364. The van der Waals surface area contributed by atoms with Crippen LogP contribution in [0.1, 0.15) is 30.3 Å². The van der Waals surface area contributed by atoms with Crippen molar-refractivity contribution in [1.29, 1.82) is 0 Å². The summed E-state index contributed by atoms with van der Waals surface area (Å²) >= 11 is 0. The van der Waals surface area contributed by atoms with E-state index in [2.05, 4.69) is 32.2 Å². The summed E-state index contributed by atoms with van der Waals surface area (Å²) in [7, 11) is 1.56. The van der Waals surface area contributed by atoms with Gasteiger partial charge >= 0.3 is 5.56 Å². The van der Waals surface area contributed by atoms with Gasteiger partial charge in [0.25, 0.3) is 5.95 Å². The van der Waals surface area contributed by atoms with Crippen LogP contribution < -0.4 is 10.3 Å². The zero-order valence-electron chi connectivity index (χ0n) is 15.9. The van der Waals surface area contributed by atoms with Gasteiger partial charge in [-0.25, -0.2) is 4.98 Å². The average molecular weight is 366 g/mol. The Bertz CT molecular complexity index is 1020. The number of benzene rings is 1. The standard InChI is InChI=1S/C19H22N6O2/c1-5-9-15-12(2)20-19(21-17(15)27-4)25-18(26)16(13(3)24-25)23-22-14-10-7-6-8-11-14/h6-8,10-11,24H,5,9H2,1-4H3. The number of hydrogen-bond donors (Lipinski definition) is 1. The van der Waals surface area contributed by atoms with E-state index in [1.807, 2.05) is 37.3 Å². The number of nitrogens with one attached hydrogen (secondary N) is 1. The molecule has 2 aromatic heterocycles. The van der Waals surface area contributed by atoms with Crippen molar-refractivity contribution in [3.05, 3.63) is 57.6 Å². The number of H-pyrrole nitrogens is 1. The molecule has 0 radical (unpaired) electrons. The third-order valence-corrected chi connectivity index (χ3v) is 4.12. The number of ether oxygens (including phenoxy) is 1. The first-order valence-electron chi connectivity index (χ1n) is 8.75. The lowest BCUT2D eigenvalue weighted by molar-refractivity contribution is 0.388. The third kappa shape index (κ3) is 3.79. The van der Waals surface area contributed by atoms with Crippen molar-refractivity contribution in [2.45, 2.75) is 33.6 Å². The molecule has 0 aliphatic heterocycles. The molecule has 2 heterocycles. The average Bonchev–Trinajstić information content (AvgIpc) is 2.96. The maximum Gasteiger partial charge on any atom is 0.301 e. The Morgan fingerprint density at radius 2 is 1.89 bits per heavy atom. The summed E-state index contributed by atoms with van der Waals surface area (Å²) in [5.41, 5.74) is 2.84. The predicted octanol–water partition coefficient (Wildman–Crippen LogP) is 3.95. The summed E-state index contributed by atoms with van der Waals surface area (Å²) in [5.74, 6) is 0.699. The first kappa shape index (κ1) is 18.5. The molecule has 1 aromatic carbocycles. The highest BCUT2D eigenvalue weighted by Gasteiger charge is 2.18. The second-order valence-corrected chi connectivity index (χ2v) is 6.11. The lowest BCUT2D eigenvalue weighted by atomic mass is 10.1. The molecule has 0 atom stereocenters. The van der Waals surface area contributed by atoms with Crippen LogP contribution in [0.25, 0.3) is 5.95 Å². The highest BCUT2D eigenvalue weighted by Crippen LogP contribution is 2.22. The highest BCUT2D eigenvalue weighted by molar-refractivity contribution is 5.43. The SMILES string of the molecule is CCCc1c(C)nc(-n2[nH]c(C)c(N=Nc3ccccc3)c2=O)nc1OC. The number of rotatable bonds is 6. The Balaban J connectivity index is 2.03. The Labute approximate surface area is 157 Å². The molecule has 0 aliphatic rings. The minimum Gasteiger partial charge on any atom is -0.481 e. The molecule has 0 fully saturated rings. The predicted molar refractivity (Wildman–Crippen MR) is 103 cm³/mol. The topological polar surface area (TPSA) is 97.5 Å². The van der Waals surface area contributed by atoms with E-state index in [1.54, 1.807) is 14.0 Å². The van der Waals surface area contributed by atoms with E-state index >= 15 is 0 Å². The Morgan fingerprint density at radius 1 is 1.15 bits per heavy atom. The van der Waals surface area contributed by atoms with Gasteiger partial charge in [-0.05, 0) is 32.4 Å². The zero-order valence-corrected chi connectivity index (χ0v) is 15.9. The number of hydrogen-bond acceptors (Lipinski definition) is 6. The van der Waals surface area contributed by atoms with Crippen LogP contribution in [-0.4, -0.2) is 26.9 Å². The molecule has 8 nitrogen and oxygen atoms in total. The van der Waals surface area contributed by atoms with E-state index in [9.17, 15) is 4.79 Å². The van der Waals surface area contributed by atoms with Gasteiger partial charge in [0.05, 0.1) is 18.5 Å². The summed E-state index contributed by atoms with van der Waals surface area (Å²) < 4.78 is 6.66. The van der Waals surface area contributed by atoms with Gasteiger partial charge in [0.2, 0.25) is 5.88 Å². The molecule has 140 valence electrons. The Morgan fingerprint density at radius 3 is 2.56 bits per heavy atom. The molecule has 0 bridgehead atoms. The third-order valence-electron chi connectivity index (χ3n) is 4.12. The van der Waals surface area contributed by atoms with E-state index in [1.165, 1.54) is 4.68 Å². The molecule has 8 heteroatoms. The summed E-state index contributed by atoms with van der Waals surface area (Å²) in [6.07, 6.45) is 1.76. The van der Waals surface area contributed by atoms with Gasteiger partial charge in [-0.2, -0.15) is 14.8 Å². The van der Waals surface area contributed by atoms with Crippen LogP contribution in [0.3, 0.4) is 0 Å². The second-order valence-electron chi connectivity index (χ2n) is 6.11. The number of nitrogens with zero attached hydrogens (tertiary/aromatic N) is 5. The molecule has 0 amide bonds. The van der Waals surface area contributed by atoms with E-state index < -0.39 is 0 Å². The lowest BCUT2D eigenvalue weighted by Crippen LogP contribution is -2.18. The van der Waals surface area contributed by atoms with Gasteiger partial charge < -0.3 is 4.74 Å². The Hall–Kier alpha value is -3.29. The van der Waals surface area contributed by atoms with Gasteiger partial charge in [-0.15, -0.1) is 5.11 Å². The first-order valence-corrected chi connectivity index (χ1v) is 8.75. The van der Waals surface area contributed by atoms with Crippen molar-refractivity contribution in [2.24, 2.45) is 10.2 Å². The molecular formula is C19H22N6O2.